The van der Waals surface area contributed by atoms with Crippen molar-refractivity contribution in [2.24, 2.45) is 11.8 Å². The first-order valence-corrected chi connectivity index (χ1v) is 7.31. The summed E-state index contributed by atoms with van der Waals surface area (Å²) in [4.78, 5) is 35.5. The summed E-state index contributed by atoms with van der Waals surface area (Å²) in [5, 5.41) is 11.6. The van der Waals surface area contributed by atoms with Crippen molar-refractivity contribution in [1.82, 2.24) is 10.2 Å². The molecule has 19 heavy (non-hydrogen) atoms. The lowest BCUT2D eigenvalue weighted by atomic mass is 9.96. The highest BCUT2D eigenvalue weighted by molar-refractivity contribution is 8.13. The molecule has 0 aromatic carbocycles. The lowest BCUT2D eigenvalue weighted by Gasteiger charge is -2.18. The predicted molar refractivity (Wildman–Crippen MR) is 73.0 cm³/mol. The predicted octanol–water partition coefficient (Wildman–Crippen LogP) is 1.02. The van der Waals surface area contributed by atoms with Gasteiger partial charge in [0.1, 0.15) is 0 Å². The molecule has 2 amide bonds. The second-order valence-corrected chi connectivity index (χ2v) is 5.89. The van der Waals surface area contributed by atoms with E-state index in [-0.39, 0.29) is 30.0 Å². The van der Waals surface area contributed by atoms with Gasteiger partial charge in [0.25, 0.3) is 5.24 Å². The number of carbonyl (C=O) groups excluding carboxylic acids is 2. The number of nitrogens with zero attached hydrogens (tertiary/aromatic N) is 1. The highest BCUT2D eigenvalue weighted by atomic mass is 32.2. The van der Waals surface area contributed by atoms with Crippen LogP contribution in [0.25, 0.3) is 0 Å². The van der Waals surface area contributed by atoms with E-state index in [1.807, 2.05) is 13.8 Å². The van der Waals surface area contributed by atoms with Crippen LogP contribution in [-0.4, -0.2) is 52.5 Å². The van der Waals surface area contributed by atoms with E-state index >= 15 is 0 Å². The molecule has 6 nitrogen and oxygen atoms in total. The van der Waals surface area contributed by atoms with Crippen LogP contribution in [0.5, 0.6) is 0 Å². The molecule has 1 atom stereocenters. The van der Waals surface area contributed by atoms with Crippen molar-refractivity contribution < 1.29 is 19.5 Å². The maximum absolute atomic E-state index is 11.6. The molecule has 1 heterocycles. The zero-order chi connectivity index (χ0) is 14.4. The van der Waals surface area contributed by atoms with Gasteiger partial charge in [0.15, 0.2) is 0 Å². The number of hydrogen-bond donors (Lipinski definition) is 2. The van der Waals surface area contributed by atoms with Crippen molar-refractivity contribution in [2.45, 2.75) is 20.3 Å². The molecule has 1 fully saturated rings. The van der Waals surface area contributed by atoms with Gasteiger partial charge in [-0.15, -0.1) is 0 Å². The van der Waals surface area contributed by atoms with Gasteiger partial charge in [-0.1, -0.05) is 25.6 Å². The fourth-order valence-corrected chi connectivity index (χ4v) is 2.64. The lowest BCUT2D eigenvalue weighted by Crippen LogP contribution is -2.37. The van der Waals surface area contributed by atoms with Crippen LogP contribution in [0.2, 0.25) is 0 Å². The minimum Gasteiger partial charge on any atom is -0.481 e. The molecule has 2 N–H and O–H groups in total. The van der Waals surface area contributed by atoms with Crippen LogP contribution in [0, 0.1) is 11.8 Å². The van der Waals surface area contributed by atoms with E-state index in [9.17, 15) is 14.4 Å². The highest BCUT2D eigenvalue weighted by Gasteiger charge is 2.23. The average molecular weight is 288 g/mol. The Hall–Kier alpha value is -1.24. The smallest absolute Gasteiger partial charge is 0.308 e. The lowest BCUT2D eigenvalue weighted by molar-refractivity contribution is -0.143. The molecule has 1 aliphatic rings. The van der Waals surface area contributed by atoms with Crippen LogP contribution < -0.4 is 5.32 Å². The van der Waals surface area contributed by atoms with Gasteiger partial charge in [0.05, 0.1) is 5.92 Å². The monoisotopic (exact) mass is 288 g/mol. The van der Waals surface area contributed by atoms with Gasteiger partial charge in [-0.05, 0) is 5.92 Å². The third-order valence-corrected chi connectivity index (χ3v) is 3.99. The molecule has 108 valence electrons. The first-order valence-electron chi connectivity index (χ1n) is 6.33. The Morgan fingerprint density at radius 1 is 1.47 bits per heavy atom. The minimum atomic E-state index is -0.901. The number of thioether (sulfide) groups is 1. The zero-order valence-corrected chi connectivity index (χ0v) is 12.0. The van der Waals surface area contributed by atoms with Crippen LogP contribution in [0.4, 0.5) is 4.79 Å². The highest BCUT2D eigenvalue weighted by Crippen LogP contribution is 2.17. The number of aliphatic carboxylic acids is 1. The average Bonchev–Trinajstić information content (AvgIpc) is 2.71. The Labute approximate surface area is 116 Å². The maximum atomic E-state index is 11.6. The Kier molecular flexibility index (Phi) is 6.14. The van der Waals surface area contributed by atoms with Crippen molar-refractivity contribution in [3.63, 3.8) is 0 Å². The summed E-state index contributed by atoms with van der Waals surface area (Å²) in [6, 6.07) is 0. The summed E-state index contributed by atoms with van der Waals surface area (Å²) in [6.07, 6.45) is 0.219. The molecular formula is C12H20N2O4S. The normalized spacial score (nSPS) is 16.8. The fraction of sp³-hybridized carbons (Fsp3) is 0.750. The molecule has 0 aromatic rings. The number of amides is 2. The quantitative estimate of drug-likeness (QED) is 0.730. The topological polar surface area (TPSA) is 86.7 Å². The van der Waals surface area contributed by atoms with E-state index in [0.717, 1.165) is 5.75 Å². The Morgan fingerprint density at radius 2 is 2.16 bits per heavy atom. The molecule has 7 heteroatoms. The van der Waals surface area contributed by atoms with Gasteiger partial charge in [0.2, 0.25) is 5.91 Å². The molecule has 1 saturated heterocycles. The second kappa shape index (κ2) is 7.37. The van der Waals surface area contributed by atoms with Gasteiger partial charge >= 0.3 is 5.97 Å². The molecule has 0 aromatic heterocycles. The zero-order valence-electron chi connectivity index (χ0n) is 11.2. The van der Waals surface area contributed by atoms with Crippen LogP contribution in [0.15, 0.2) is 0 Å². The van der Waals surface area contributed by atoms with Gasteiger partial charge < -0.3 is 15.3 Å². The second-order valence-electron chi connectivity index (χ2n) is 4.84. The van der Waals surface area contributed by atoms with E-state index in [0.29, 0.717) is 13.1 Å². The van der Waals surface area contributed by atoms with Crippen LogP contribution in [-0.2, 0) is 9.59 Å². The van der Waals surface area contributed by atoms with Crippen molar-refractivity contribution >= 4 is 28.9 Å². The summed E-state index contributed by atoms with van der Waals surface area (Å²) in [5.74, 6) is -0.949. The van der Waals surface area contributed by atoms with Gasteiger partial charge in [-0.2, -0.15) is 0 Å². The van der Waals surface area contributed by atoms with Crippen LogP contribution in [0.1, 0.15) is 20.3 Å². The van der Waals surface area contributed by atoms with E-state index < -0.39 is 11.9 Å². The number of carboxylic acids is 1. The maximum Gasteiger partial charge on any atom is 0.308 e. The van der Waals surface area contributed by atoms with Crippen molar-refractivity contribution in [1.29, 1.82) is 0 Å². The standard InChI is InChI=1S/C12H20N2O4S/c1-8(2)9(11(16)17)7-13-10(15)3-4-14-5-6-19-12(14)18/h8-9H,3-7H2,1-2H3,(H,13,15)(H,16,17). The molecule has 0 aliphatic carbocycles. The molecule has 0 spiro atoms. The summed E-state index contributed by atoms with van der Waals surface area (Å²) in [5.41, 5.74) is 0. The third-order valence-electron chi connectivity index (χ3n) is 3.09. The number of rotatable bonds is 7. The Bertz CT molecular complexity index is 360. The minimum absolute atomic E-state index is 0.0124. The van der Waals surface area contributed by atoms with E-state index in [1.165, 1.54) is 11.8 Å². The van der Waals surface area contributed by atoms with Gasteiger partial charge in [-0.3, -0.25) is 14.4 Å². The van der Waals surface area contributed by atoms with Gasteiger partial charge in [0, 0.05) is 31.8 Å². The number of hydrogen-bond acceptors (Lipinski definition) is 4. The molecule has 0 radical (unpaired) electrons. The number of carboxylic acid groups (broad SMARTS) is 1. The fourth-order valence-electron chi connectivity index (χ4n) is 1.79. The SMILES string of the molecule is CC(C)C(CNC(=O)CCN1CCSC1=O)C(=O)O. The summed E-state index contributed by atoms with van der Waals surface area (Å²) in [7, 11) is 0. The van der Waals surface area contributed by atoms with Crippen molar-refractivity contribution in [3.05, 3.63) is 0 Å². The molecule has 0 saturated carbocycles. The molecular weight excluding hydrogens is 268 g/mol. The Balaban J connectivity index is 2.27. The first-order chi connectivity index (χ1) is 8.91. The van der Waals surface area contributed by atoms with Crippen molar-refractivity contribution in [3.8, 4) is 0 Å². The summed E-state index contributed by atoms with van der Waals surface area (Å²) < 4.78 is 0. The van der Waals surface area contributed by atoms with Crippen LogP contribution >= 0.6 is 11.8 Å². The number of nitrogens with one attached hydrogen (secondary N) is 1. The third kappa shape index (κ3) is 5.10. The summed E-state index contributed by atoms with van der Waals surface area (Å²) >= 11 is 1.26. The Morgan fingerprint density at radius 3 is 2.63 bits per heavy atom. The number of carbonyl (C=O) groups is 3. The van der Waals surface area contributed by atoms with E-state index in [1.54, 1.807) is 4.90 Å². The van der Waals surface area contributed by atoms with Crippen LogP contribution in [0.3, 0.4) is 0 Å². The molecule has 0 bridgehead atoms. The largest absolute Gasteiger partial charge is 0.481 e. The van der Waals surface area contributed by atoms with Crippen molar-refractivity contribution in [2.75, 3.05) is 25.4 Å². The van der Waals surface area contributed by atoms with E-state index in [4.69, 9.17) is 5.11 Å². The van der Waals surface area contributed by atoms with E-state index in [2.05, 4.69) is 5.32 Å². The summed E-state index contributed by atoms with van der Waals surface area (Å²) in [6.45, 7) is 4.84. The molecule has 1 unspecified atom stereocenters. The first kappa shape index (κ1) is 15.8. The van der Waals surface area contributed by atoms with Gasteiger partial charge in [-0.25, -0.2) is 0 Å². The molecule has 1 aliphatic heterocycles. The molecule has 1 rings (SSSR count).